The lowest BCUT2D eigenvalue weighted by Crippen LogP contribution is -2.18. The van der Waals surface area contributed by atoms with Crippen molar-refractivity contribution in [1.82, 2.24) is 9.78 Å². The lowest BCUT2D eigenvalue weighted by Gasteiger charge is -2.06. The first-order valence-electron chi connectivity index (χ1n) is 6.21. The molecule has 1 aromatic heterocycles. The van der Waals surface area contributed by atoms with Crippen LogP contribution in [0.15, 0.2) is 42.7 Å². The number of nitrogens with zero attached hydrogens (tertiary/aromatic N) is 2. The molecule has 104 valence electrons. The maximum absolute atomic E-state index is 11.7. The average molecular weight is 273 g/mol. The Hall–Kier alpha value is -2.63. The molecule has 6 heteroatoms. The highest BCUT2D eigenvalue weighted by molar-refractivity contribution is 5.90. The van der Waals surface area contributed by atoms with Gasteiger partial charge < -0.3 is 10.4 Å². The lowest BCUT2D eigenvalue weighted by atomic mass is 10.1. The van der Waals surface area contributed by atoms with E-state index in [2.05, 4.69) is 10.4 Å². The van der Waals surface area contributed by atoms with Gasteiger partial charge in [0.05, 0.1) is 0 Å². The number of aliphatic carboxylic acids is 1. The van der Waals surface area contributed by atoms with E-state index in [9.17, 15) is 9.59 Å². The molecule has 2 rings (SSSR count). The number of aryl methyl sites for hydroxylation is 1. The molecule has 0 saturated carbocycles. The molecule has 2 aromatic rings. The van der Waals surface area contributed by atoms with Crippen LogP contribution in [-0.4, -0.2) is 26.8 Å². The molecule has 1 amide bonds. The van der Waals surface area contributed by atoms with Gasteiger partial charge >= 0.3 is 5.97 Å². The quantitative estimate of drug-likeness (QED) is 0.836. The predicted molar refractivity (Wildman–Crippen MR) is 73.3 cm³/mol. The molecule has 1 aromatic carbocycles. The molecular formula is C14H15N3O3. The third kappa shape index (κ3) is 4.24. The first kappa shape index (κ1) is 13.8. The van der Waals surface area contributed by atoms with Crippen molar-refractivity contribution in [1.29, 1.82) is 0 Å². The number of nitrogens with one attached hydrogen (secondary N) is 1. The Kier molecular flexibility index (Phi) is 4.49. The molecule has 0 unspecified atom stereocenters. The Bertz CT molecular complexity index is 576. The molecule has 0 bridgehead atoms. The normalized spacial score (nSPS) is 10.2. The third-order valence-corrected chi connectivity index (χ3v) is 2.73. The van der Waals surface area contributed by atoms with Crippen LogP contribution in [0.25, 0.3) is 0 Å². The number of hydrogen-bond donors (Lipinski definition) is 2. The molecule has 0 saturated heterocycles. The summed E-state index contributed by atoms with van der Waals surface area (Å²) in [6.07, 6.45) is 3.92. The van der Waals surface area contributed by atoms with Gasteiger partial charge in [-0.25, -0.2) is 0 Å². The van der Waals surface area contributed by atoms with Crippen molar-refractivity contribution in [3.63, 3.8) is 0 Å². The summed E-state index contributed by atoms with van der Waals surface area (Å²) < 4.78 is 1.54. The molecule has 0 spiro atoms. The van der Waals surface area contributed by atoms with Crippen LogP contribution in [0.1, 0.15) is 12.0 Å². The number of anilines is 1. The molecule has 0 radical (unpaired) electrons. The summed E-state index contributed by atoms with van der Waals surface area (Å²) in [5.41, 5.74) is 1.61. The Balaban J connectivity index is 1.86. The highest BCUT2D eigenvalue weighted by Gasteiger charge is 2.04. The van der Waals surface area contributed by atoms with Crippen LogP contribution in [0.4, 0.5) is 5.69 Å². The first-order chi connectivity index (χ1) is 9.63. The van der Waals surface area contributed by atoms with E-state index in [-0.39, 0.29) is 18.9 Å². The maximum atomic E-state index is 11.7. The minimum atomic E-state index is -0.818. The minimum absolute atomic E-state index is 0.102. The second kappa shape index (κ2) is 6.51. The Morgan fingerprint density at radius 1 is 1.25 bits per heavy atom. The van der Waals surface area contributed by atoms with Crippen LogP contribution in [0.5, 0.6) is 0 Å². The fourth-order valence-electron chi connectivity index (χ4n) is 1.75. The molecule has 1 heterocycles. The van der Waals surface area contributed by atoms with Crippen molar-refractivity contribution >= 4 is 17.6 Å². The summed E-state index contributed by atoms with van der Waals surface area (Å²) in [6, 6.07) is 8.90. The van der Waals surface area contributed by atoms with E-state index < -0.39 is 5.97 Å². The third-order valence-electron chi connectivity index (χ3n) is 2.73. The number of rotatable bonds is 6. The van der Waals surface area contributed by atoms with E-state index >= 15 is 0 Å². The molecule has 6 nitrogen and oxygen atoms in total. The average Bonchev–Trinajstić information content (AvgIpc) is 2.90. The molecule has 0 aliphatic rings. The first-order valence-corrected chi connectivity index (χ1v) is 6.21. The summed E-state index contributed by atoms with van der Waals surface area (Å²) in [7, 11) is 0. The van der Waals surface area contributed by atoms with Crippen molar-refractivity contribution in [3.05, 3.63) is 48.3 Å². The largest absolute Gasteiger partial charge is 0.481 e. The molecule has 0 fully saturated rings. The SMILES string of the molecule is O=C(O)CCc1ccc(NC(=O)Cn2cccn2)cc1. The van der Waals surface area contributed by atoms with Crippen molar-refractivity contribution in [2.24, 2.45) is 0 Å². The lowest BCUT2D eigenvalue weighted by molar-refractivity contribution is -0.137. The Labute approximate surface area is 116 Å². The van der Waals surface area contributed by atoms with E-state index in [1.807, 2.05) is 12.1 Å². The van der Waals surface area contributed by atoms with Gasteiger partial charge in [0.15, 0.2) is 0 Å². The van der Waals surface area contributed by atoms with Crippen molar-refractivity contribution in [3.8, 4) is 0 Å². The van der Waals surface area contributed by atoms with Crippen LogP contribution in [0.2, 0.25) is 0 Å². The van der Waals surface area contributed by atoms with Gasteiger partial charge in [0, 0.05) is 24.5 Å². The van der Waals surface area contributed by atoms with Crippen LogP contribution in [-0.2, 0) is 22.6 Å². The fourth-order valence-corrected chi connectivity index (χ4v) is 1.75. The second-order valence-corrected chi connectivity index (χ2v) is 4.34. The standard InChI is InChI=1S/C14H15N3O3/c18-13(10-17-9-1-8-15-17)16-12-5-2-11(3-6-12)4-7-14(19)20/h1-3,5-6,8-9H,4,7,10H2,(H,16,18)(H,19,20). The van der Waals surface area contributed by atoms with Gasteiger partial charge in [-0.1, -0.05) is 12.1 Å². The van der Waals surface area contributed by atoms with Crippen LogP contribution in [0, 0.1) is 0 Å². The van der Waals surface area contributed by atoms with Gasteiger partial charge in [0.1, 0.15) is 6.54 Å². The van der Waals surface area contributed by atoms with E-state index in [0.717, 1.165) is 5.56 Å². The van der Waals surface area contributed by atoms with Gasteiger partial charge in [-0.05, 0) is 30.2 Å². The van der Waals surface area contributed by atoms with Crippen molar-refractivity contribution in [2.45, 2.75) is 19.4 Å². The maximum Gasteiger partial charge on any atom is 0.303 e. The second-order valence-electron chi connectivity index (χ2n) is 4.34. The molecule has 2 N–H and O–H groups in total. The molecule has 0 atom stereocenters. The zero-order valence-corrected chi connectivity index (χ0v) is 10.8. The van der Waals surface area contributed by atoms with Crippen molar-refractivity contribution in [2.75, 3.05) is 5.32 Å². The number of carboxylic acid groups (broad SMARTS) is 1. The topological polar surface area (TPSA) is 84.2 Å². The number of carbonyl (C=O) groups is 2. The van der Waals surface area contributed by atoms with Gasteiger partial charge in [0.25, 0.3) is 0 Å². The van der Waals surface area contributed by atoms with E-state index in [1.54, 1.807) is 30.6 Å². The predicted octanol–water partition coefficient (Wildman–Crippen LogP) is 1.54. The Morgan fingerprint density at radius 3 is 2.60 bits per heavy atom. The van der Waals surface area contributed by atoms with Gasteiger partial charge in [-0.15, -0.1) is 0 Å². The highest BCUT2D eigenvalue weighted by Crippen LogP contribution is 2.11. The van der Waals surface area contributed by atoms with E-state index in [4.69, 9.17) is 5.11 Å². The molecular weight excluding hydrogens is 258 g/mol. The summed E-state index contributed by atoms with van der Waals surface area (Å²) >= 11 is 0. The number of amides is 1. The fraction of sp³-hybridized carbons (Fsp3) is 0.214. The van der Waals surface area contributed by atoms with E-state index in [1.165, 1.54) is 4.68 Å². The number of carboxylic acids is 1. The highest BCUT2D eigenvalue weighted by atomic mass is 16.4. The van der Waals surface area contributed by atoms with Crippen LogP contribution < -0.4 is 5.32 Å². The van der Waals surface area contributed by atoms with E-state index in [0.29, 0.717) is 12.1 Å². The number of aromatic nitrogens is 2. The number of benzene rings is 1. The van der Waals surface area contributed by atoms with Gasteiger partial charge in [-0.2, -0.15) is 5.10 Å². The minimum Gasteiger partial charge on any atom is -0.481 e. The zero-order valence-electron chi connectivity index (χ0n) is 10.8. The zero-order chi connectivity index (χ0) is 14.4. The van der Waals surface area contributed by atoms with Gasteiger partial charge in [0.2, 0.25) is 5.91 Å². The summed E-state index contributed by atoms with van der Waals surface area (Å²) in [6.45, 7) is 0.160. The smallest absolute Gasteiger partial charge is 0.303 e. The molecule has 0 aliphatic carbocycles. The van der Waals surface area contributed by atoms with Crippen LogP contribution in [0.3, 0.4) is 0 Å². The molecule has 0 aliphatic heterocycles. The summed E-state index contributed by atoms with van der Waals surface area (Å²) in [5.74, 6) is -0.978. The summed E-state index contributed by atoms with van der Waals surface area (Å²) in [5, 5.41) is 15.3. The van der Waals surface area contributed by atoms with Crippen LogP contribution >= 0.6 is 0 Å². The number of hydrogen-bond acceptors (Lipinski definition) is 3. The van der Waals surface area contributed by atoms with Gasteiger partial charge in [-0.3, -0.25) is 14.3 Å². The summed E-state index contributed by atoms with van der Waals surface area (Å²) in [4.78, 5) is 22.2. The molecule has 20 heavy (non-hydrogen) atoms. The van der Waals surface area contributed by atoms with Crippen molar-refractivity contribution < 1.29 is 14.7 Å². The monoisotopic (exact) mass is 273 g/mol. The Morgan fingerprint density at radius 2 is 2.00 bits per heavy atom. The number of carbonyl (C=O) groups excluding carboxylic acids is 1.